The first-order valence-corrected chi connectivity index (χ1v) is 10.1. The molecule has 140 valence electrons. The van der Waals surface area contributed by atoms with E-state index in [2.05, 4.69) is 11.0 Å². The lowest BCUT2D eigenvalue weighted by atomic mass is 10.2. The summed E-state index contributed by atoms with van der Waals surface area (Å²) in [5.41, 5.74) is 1.94. The molecule has 2 aromatic carbocycles. The summed E-state index contributed by atoms with van der Waals surface area (Å²) in [5.74, 6) is -0.172. The Hall–Kier alpha value is -2.99. The van der Waals surface area contributed by atoms with E-state index in [-0.39, 0.29) is 11.7 Å². The van der Waals surface area contributed by atoms with Crippen molar-refractivity contribution in [2.24, 2.45) is 0 Å². The highest BCUT2D eigenvalue weighted by atomic mass is 32.1. The van der Waals surface area contributed by atoms with E-state index in [4.69, 9.17) is 4.98 Å². The molecule has 1 aliphatic rings. The van der Waals surface area contributed by atoms with Crippen molar-refractivity contribution in [3.63, 3.8) is 0 Å². The van der Waals surface area contributed by atoms with Gasteiger partial charge in [-0.2, -0.15) is 0 Å². The van der Waals surface area contributed by atoms with Crippen LogP contribution < -0.4 is 4.90 Å². The first-order valence-electron chi connectivity index (χ1n) is 9.26. The van der Waals surface area contributed by atoms with E-state index in [0.29, 0.717) is 13.1 Å². The third-order valence-corrected chi connectivity index (χ3v) is 6.21. The lowest BCUT2D eigenvalue weighted by Gasteiger charge is -2.36. The van der Waals surface area contributed by atoms with Crippen molar-refractivity contribution in [3.8, 4) is 0 Å². The molecule has 0 aliphatic carbocycles. The number of rotatable bonds is 2. The van der Waals surface area contributed by atoms with Crippen LogP contribution in [0, 0.1) is 5.82 Å². The number of carbonyl (C=O) groups excluding carboxylic acids is 1. The molecule has 0 saturated carbocycles. The maximum absolute atomic E-state index is 13.1. The molecule has 28 heavy (non-hydrogen) atoms. The van der Waals surface area contributed by atoms with Gasteiger partial charge in [-0.05, 0) is 42.5 Å². The molecule has 1 aliphatic heterocycles. The summed E-state index contributed by atoms with van der Waals surface area (Å²) in [5, 5.41) is 2.09. The Kier molecular flexibility index (Phi) is 4.20. The number of halogens is 1. The van der Waals surface area contributed by atoms with Crippen LogP contribution in [0.2, 0.25) is 0 Å². The molecule has 0 spiro atoms. The number of anilines is 1. The number of hydrogen-bond acceptors (Lipinski definition) is 4. The van der Waals surface area contributed by atoms with Gasteiger partial charge in [0.25, 0.3) is 5.91 Å². The molecule has 4 nitrogen and oxygen atoms in total. The largest absolute Gasteiger partial charge is 0.368 e. The van der Waals surface area contributed by atoms with E-state index < -0.39 is 0 Å². The lowest BCUT2D eigenvalue weighted by Crippen LogP contribution is -2.48. The van der Waals surface area contributed by atoms with Crippen molar-refractivity contribution in [2.75, 3.05) is 31.1 Å². The zero-order valence-electron chi connectivity index (χ0n) is 15.1. The summed E-state index contributed by atoms with van der Waals surface area (Å²) in [6.45, 7) is 2.79. The van der Waals surface area contributed by atoms with Crippen LogP contribution in [0.5, 0.6) is 0 Å². The second-order valence-electron chi connectivity index (χ2n) is 6.94. The van der Waals surface area contributed by atoms with Gasteiger partial charge in [-0.1, -0.05) is 18.2 Å². The number of benzene rings is 2. The van der Waals surface area contributed by atoms with Crippen LogP contribution in [-0.4, -0.2) is 42.0 Å². The number of fused-ring (bicyclic) bond motifs is 2. The molecule has 0 N–H and O–H groups in total. The molecular formula is C22H18FN3OS. The van der Waals surface area contributed by atoms with Crippen molar-refractivity contribution < 1.29 is 9.18 Å². The van der Waals surface area contributed by atoms with Gasteiger partial charge in [0.2, 0.25) is 0 Å². The van der Waals surface area contributed by atoms with Crippen LogP contribution in [-0.2, 0) is 0 Å². The Labute approximate surface area is 165 Å². The summed E-state index contributed by atoms with van der Waals surface area (Å²) < 4.78 is 13.1. The second-order valence-corrected chi connectivity index (χ2v) is 7.97. The predicted octanol–water partition coefficient (Wildman–Crippen LogP) is 4.55. The average Bonchev–Trinajstić information content (AvgIpc) is 3.15. The normalized spacial score (nSPS) is 14.8. The molecule has 6 heteroatoms. The van der Waals surface area contributed by atoms with Crippen LogP contribution in [0.25, 0.3) is 21.1 Å². The Balaban J connectivity index is 1.34. The van der Waals surface area contributed by atoms with Crippen molar-refractivity contribution in [3.05, 3.63) is 71.4 Å². The van der Waals surface area contributed by atoms with Crippen LogP contribution >= 0.6 is 11.3 Å². The van der Waals surface area contributed by atoms with Crippen molar-refractivity contribution in [1.29, 1.82) is 0 Å². The quantitative estimate of drug-likeness (QED) is 0.503. The summed E-state index contributed by atoms with van der Waals surface area (Å²) in [7, 11) is 0. The molecule has 5 rings (SSSR count). The summed E-state index contributed by atoms with van der Waals surface area (Å²) >= 11 is 1.46. The highest BCUT2D eigenvalue weighted by Gasteiger charge is 2.24. The van der Waals surface area contributed by atoms with Gasteiger partial charge in [-0.3, -0.25) is 4.79 Å². The number of para-hydroxylation sites is 1. The van der Waals surface area contributed by atoms with Crippen molar-refractivity contribution in [1.82, 2.24) is 9.88 Å². The second kappa shape index (κ2) is 6.87. The van der Waals surface area contributed by atoms with Crippen molar-refractivity contribution >= 4 is 44.1 Å². The zero-order chi connectivity index (χ0) is 19.1. The Morgan fingerprint density at radius 3 is 2.46 bits per heavy atom. The fourth-order valence-electron chi connectivity index (χ4n) is 3.66. The van der Waals surface area contributed by atoms with Gasteiger partial charge < -0.3 is 9.80 Å². The van der Waals surface area contributed by atoms with E-state index in [1.54, 1.807) is 12.1 Å². The van der Waals surface area contributed by atoms with Crippen LogP contribution in [0.15, 0.2) is 60.7 Å². The summed E-state index contributed by atoms with van der Waals surface area (Å²) in [6.07, 6.45) is 0. The number of nitrogens with zero attached hydrogens (tertiary/aromatic N) is 3. The van der Waals surface area contributed by atoms with Gasteiger partial charge in [0.1, 0.15) is 10.6 Å². The highest BCUT2D eigenvalue weighted by Crippen LogP contribution is 2.28. The first-order chi connectivity index (χ1) is 13.7. The first kappa shape index (κ1) is 17.1. The van der Waals surface area contributed by atoms with Gasteiger partial charge in [0.15, 0.2) is 0 Å². The summed E-state index contributed by atoms with van der Waals surface area (Å²) in [6, 6.07) is 18.6. The topological polar surface area (TPSA) is 36.4 Å². The molecule has 2 aromatic heterocycles. The fraction of sp³-hybridized carbons (Fsp3) is 0.182. The van der Waals surface area contributed by atoms with Crippen LogP contribution in [0.4, 0.5) is 10.1 Å². The molecular weight excluding hydrogens is 373 g/mol. The third-order valence-electron chi connectivity index (χ3n) is 5.18. The number of pyridine rings is 1. The SMILES string of the molecule is O=C(c1cc2cc3ccccc3nc2s1)N1CCN(c2ccc(F)cc2)CC1. The molecule has 3 heterocycles. The zero-order valence-corrected chi connectivity index (χ0v) is 16.0. The Morgan fingerprint density at radius 2 is 1.68 bits per heavy atom. The van der Waals surface area contributed by atoms with Crippen LogP contribution in [0.1, 0.15) is 9.67 Å². The van der Waals surface area contributed by atoms with Crippen LogP contribution in [0.3, 0.4) is 0 Å². The number of aromatic nitrogens is 1. The van der Waals surface area contributed by atoms with E-state index in [1.807, 2.05) is 35.2 Å². The van der Waals surface area contributed by atoms with E-state index in [1.165, 1.54) is 23.5 Å². The monoisotopic (exact) mass is 391 g/mol. The van der Waals surface area contributed by atoms with E-state index >= 15 is 0 Å². The average molecular weight is 391 g/mol. The molecule has 0 bridgehead atoms. The molecule has 1 fully saturated rings. The summed E-state index contributed by atoms with van der Waals surface area (Å²) in [4.78, 5) is 23.4. The fourth-order valence-corrected chi connectivity index (χ4v) is 4.65. The molecule has 1 amide bonds. The Morgan fingerprint density at radius 1 is 0.929 bits per heavy atom. The minimum atomic E-state index is -0.233. The molecule has 0 atom stereocenters. The molecule has 0 radical (unpaired) electrons. The lowest BCUT2D eigenvalue weighted by molar-refractivity contribution is 0.0751. The molecule has 4 aromatic rings. The van der Waals surface area contributed by atoms with Gasteiger partial charge in [0, 0.05) is 42.6 Å². The number of hydrogen-bond donors (Lipinski definition) is 0. The number of amides is 1. The number of carbonyl (C=O) groups is 1. The predicted molar refractivity (Wildman–Crippen MR) is 112 cm³/mol. The number of piperazine rings is 1. The van der Waals surface area contributed by atoms with E-state index in [9.17, 15) is 9.18 Å². The maximum atomic E-state index is 13.1. The van der Waals surface area contributed by atoms with Gasteiger partial charge >= 0.3 is 0 Å². The van der Waals surface area contributed by atoms with Gasteiger partial charge in [-0.15, -0.1) is 11.3 Å². The standard InChI is InChI=1S/C22H18FN3OS/c23-17-5-7-18(8-6-17)25-9-11-26(12-10-25)22(27)20-14-16-13-15-3-1-2-4-19(15)24-21(16)28-20/h1-8,13-14H,9-12H2. The van der Waals surface area contributed by atoms with Crippen molar-refractivity contribution in [2.45, 2.75) is 0 Å². The Bertz CT molecular complexity index is 1110. The highest BCUT2D eigenvalue weighted by molar-refractivity contribution is 7.20. The third kappa shape index (κ3) is 3.10. The van der Waals surface area contributed by atoms with Gasteiger partial charge in [-0.25, -0.2) is 9.37 Å². The minimum absolute atomic E-state index is 0.0609. The van der Waals surface area contributed by atoms with Gasteiger partial charge in [0.05, 0.1) is 10.4 Å². The molecule has 1 saturated heterocycles. The molecule has 0 unspecified atom stereocenters. The number of thiophene rings is 1. The minimum Gasteiger partial charge on any atom is -0.368 e. The van der Waals surface area contributed by atoms with E-state index in [0.717, 1.165) is 44.8 Å². The smallest absolute Gasteiger partial charge is 0.264 e. The maximum Gasteiger partial charge on any atom is 0.264 e.